The molecule has 3 N–H and O–H groups in total. The molecule has 1 aromatic heterocycles. The van der Waals surface area contributed by atoms with Crippen LogP contribution < -0.4 is 10.5 Å². The molecule has 0 spiro atoms. The molecular weight excluding hydrogens is 289 g/mol. The highest BCUT2D eigenvalue weighted by Gasteiger charge is 2.19. The minimum Gasteiger partial charge on any atom is -0.326 e. The Balaban J connectivity index is 2.23. The van der Waals surface area contributed by atoms with Gasteiger partial charge in [0.2, 0.25) is 10.0 Å². The average molecular weight is 301 g/mol. The first-order chi connectivity index (χ1) is 9.03. The molecule has 0 saturated heterocycles. The Bertz CT molecular complexity index is 657. The molecule has 0 amide bonds. The van der Waals surface area contributed by atoms with E-state index >= 15 is 0 Å². The third kappa shape index (κ3) is 3.35. The van der Waals surface area contributed by atoms with E-state index in [0.29, 0.717) is 10.6 Å². The van der Waals surface area contributed by atoms with Crippen molar-refractivity contribution in [2.24, 2.45) is 5.73 Å². The molecule has 5 nitrogen and oxygen atoms in total. The van der Waals surface area contributed by atoms with Crippen LogP contribution >= 0.6 is 11.3 Å². The zero-order chi connectivity index (χ0) is 13.9. The summed E-state index contributed by atoms with van der Waals surface area (Å²) >= 11 is 1.32. The quantitative estimate of drug-likeness (QED) is 0.869. The Morgan fingerprint density at radius 1 is 1.42 bits per heavy atom. The summed E-state index contributed by atoms with van der Waals surface area (Å²) in [5.41, 5.74) is 5.97. The molecule has 1 heterocycles. The topological polar surface area (TPSA) is 85.1 Å². The molecule has 0 aliphatic rings. The summed E-state index contributed by atoms with van der Waals surface area (Å²) in [4.78, 5) is 3.55. The van der Waals surface area contributed by atoms with Gasteiger partial charge in [0, 0.05) is 18.1 Å². The van der Waals surface area contributed by atoms with Gasteiger partial charge in [-0.3, -0.25) is 0 Å². The second-order valence-electron chi connectivity index (χ2n) is 3.72. The monoisotopic (exact) mass is 301 g/mol. The summed E-state index contributed by atoms with van der Waals surface area (Å²) in [6.07, 6.45) is 1.57. The van der Waals surface area contributed by atoms with Crippen LogP contribution in [0.25, 0.3) is 0 Å². The number of rotatable bonds is 5. The molecule has 102 valence electrons. The summed E-state index contributed by atoms with van der Waals surface area (Å²) in [5.74, 6) is -0.802. The van der Waals surface area contributed by atoms with Crippen LogP contribution in [-0.4, -0.2) is 13.4 Å². The van der Waals surface area contributed by atoms with Gasteiger partial charge >= 0.3 is 0 Å². The number of hydrogen-bond donors (Lipinski definition) is 2. The highest BCUT2D eigenvalue weighted by molar-refractivity contribution is 7.89. The van der Waals surface area contributed by atoms with Crippen LogP contribution in [-0.2, 0) is 23.1 Å². The molecule has 0 aliphatic heterocycles. The zero-order valence-electron chi connectivity index (χ0n) is 9.84. The number of aromatic nitrogens is 1. The molecular formula is C11H12FN3O2S2. The van der Waals surface area contributed by atoms with Gasteiger partial charge in [0.25, 0.3) is 0 Å². The predicted molar refractivity (Wildman–Crippen MR) is 70.4 cm³/mol. The van der Waals surface area contributed by atoms with E-state index in [1.165, 1.54) is 23.5 Å². The maximum absolute atomic E-state index is 13.6. The lowest BCUT2D eigenvalue weighted by atomic mass is 10.2. The minimum absolute atomic E-state index is 0.0340. The van der Waals surface area contributed by atoms with Gasteiger partial charge in [-0.05, 0) is 17.7 Å². The third-order valence-corrected chi connectivity index (χ3v) is 4.61. The summed E-state index contributed by atoms with van der Waals surface area (Å²) in [7, 11) is -3.91. The number of hydrogen-bond acceptors (Lipinski definition) is 5. The standard InChI is InChI=1S/C11H12FN3O2S2/c12-9-2-1-8(6-13)5-10(9)19(16,17)15-7-11-14-3-4-18-11/h1-5,15H,6-7,13H2. The summed E-state index contributed by atoms with van der Waals surface area (Å²) in [5, 5.41) is 2.35. The van der Waals surface area contributed by atoms with Gasteiger partial charge in [0.05, 0.1) is 6.54 Å². The van der Waals surface area contributed by atoms with Crippen molar-refractivity contribution in [2.45, 2.75) is 18.0 Å². The van der Waals surface area contributed by atoms with Crippen molar-refractivity contribution in [2.75, 3.05) is 0 Å². The van der Waals surface area contributed by atoms with Gasteiger partial charge in [-0.1, -0.05) is 6.07 Å². The molecule has 0 radical (unpaired) electrons. The number of sulfonamides is 1. The van der Waals surface area contributed by atoms with Crippen LogP contribution in [0, 0.1) is 5.82 Å². The van der Waals surface area contributed by atoms with Crippen molar-refractivity contribution >= 4 is 21.4 Å². The van der Waals surface area contributed by atoms with Crippen molar-refractivity contribution in [1.29, 1.82) is 0 Å². The average Bonchev–Trinajstić information content (AvgIpc) is 2.90. The lowest BCUT2D eigenvalue weighted by molar-refractivity contribution is 0.556. The first kappa shape index (κ1) is 14.1. The van der Waals surface area contributed by atoms with Crippen molar-refractivity contribution in [3.05, 3.63) is 46.2 Å². The van der Waals surface area contributed by atoms with Gasteiger partial charge < -0.3 is 5.73 Å². The van der Waals surface area contributed by atoms with Crippen molar-refractivity contribution in [3.8, 4) is 0 Å². The van der Waals surface area contributed by atoms with Crippen molar-refractivity contribution in [1.82, 2.24) is 9.71 Å². The Morgan fingerprint density at radius 3 is 2.84 bits per heavy atom. The number of benzene rings is 1. The summed E-state index contributed by atoms with van der Waals surface area (Å²) in [6, 6.07) is 3.79. The summed E-state index contributed by atoms with van der Waals surface area (Å²) in [6.45, 7) is 0.182. The van der Waals surface area contributed by atoms with Gasteiger partial charge in [0.15, 0.2) is 0 Å². The number of nitrogens with one attached hydrogen (secondary N) is 1. The molecule has 1 aromatic carbocycles. The van der Waals surface area contributed by atoms with E-state index in [-0.39, 0.29) is 13.1 Å². The highest BCUT2D eigenvalue weighted by Crippen LogP contribution is 2.17. The normalized spacial score (nSPS) is 11.7. The molecule has 0 unspecified atom stereocenters. The number of nitrogens with zero attached hydrogens (tertiary/aromatic N) is 1. The van der Waals surface area contributed by atoms with E-state index in [4.69, 9.17) is 5.73 Å². The SMILES string of the molecule is NCc1ccc(F)c(S(=O)(=O)NCc2nccs2)c1. The zero-order valence-corrected chi connectivity index (χ0v) is 11.5. The van der Waals surface area contributed by atoms with Crippen molar-refractivity contribution in [3.63, 3.8) is 0 Å². The van der Waals surface area contributed by atoms with Crippen LogP contribution in [0.15, 0.2) is 34.7 Å². The smallest absolute Gasteiger partial charge is 0.243 e. The van der Waals surface area contributed by atoms with E-state index < -0.39 is 20.7 Å². The van der Waals surface area contributed by atoms with E-state index in [1.807, 2.05) is 0 Å². The highest BCUT2D eigenvalue weighted by atomic mass is 32.2. The fourth-order valence-corrected chi connectivity index (χ4v) is 3.22. The van der Waals surface area contributed by atoms with E-state index in [2.05, 4.69) is 9.71 Å². The van der Waals surface area contributed by atoms with Crippen molar-refractivity contribution < 1.29 is 12.8 Å². The maximum Gasteiger partial charge on any atom is 0.243 e. The second-order valence-corrected chi connectivity index (χ2v) is 6.43. The Hall–Kier alpha value is -1.35. The number of thiazole rings is 1. The van der Waals surface area contributed by atoms with Crippen LogP contribution in [0.5, 0.6) is 0 Å². The van der Waals surface area contributed by atoms with Gasteiger partial charge in [-0.25, -0.2) is 22.5 Å². The summed E-state index contributed by atoms with van der Waals surface area (Å²) < 4.78 is 39.9. The first-order valence-electron chi connectivity index (χ1n) is 5.39. The third-order valence-electron chi connectivity index (χ3n) is 2.42. The molecule has 0 bridgehead atoms. The van der Waals surface area contributed by atoms with E-state index in [0.717, 1.165) is 6.07 Å². The predicted octanol–water partition coefficient (Wildman–Crippen LogP) is 1.22. The fraction of sp³-hybridized carbons (Fsp3) is 0.182. The number of halogens is 1. The molecule has 0 saturated carbocycles. The lowest BCUT2D eigenvalue weighted by Gasteiger charge is -2.08. The van der Waals surface area contributed by atoms with Gasteiger partial charge in [0.1, 0.15) is 15.7 Å². The fourth-order valence-electron chi connectivity index (χ4n) is 1.46. The molecule has 0 aliphatic carbocycles. The molecule has 2 aromatic rings. The Kier molecular flexibility index (Phi) is 4.25. The Morgan fingerprint density at radius 2 is 2.21 bits per heavy atom. The number of nitrogens with two attached hydrogens (primary N) is 1. The van der Waals surface area contributed by atoms with E-state index in [1.54, 1.807) is 11.6 Å². The molecule has 2 rings (SSSR count). The van der Waals surface area contributed by atoms with Crippen LogP contribution in [0.4, 0.5) is 4.39 Å². The second kappa shape index (κ2) is 5.74. The molecule has 0 atom stereocenters. The lowest BCUT2D eigenvalue weighted by Crippen LogP contribution is -2.24. The molecule has 0 fully saturated rings. The molecule has 8 heteroatoms. The minimum atomic E-state index is -3.91. The van der Waals surface area contributed by atoms with Gasteiger partial charge in [-0.2, -0.15) is 0 Å². The van der Waals surface area contributed by atoms with Gasteiger partial charge in [-0.15, -0.1) is 11.3 Å². The Labute approximate surface area is 114 Å². The van der Waals surface area contributed by atoms with Crippen LogP contribution in [0.2, 0.25) is 0 Å². The largest absolute Gasteiger partial charge is 0.326 e. The van der Waals surface area contributed by atoms with E-state index in [9.17, 15) is 12.8 Å². The first-order valence-corrected chi connectivity index (χ1v) is 7.76. The van der Waals surface area contributed by atoms with Crippen LogP contribution in [0.1, 0.15) is 10.6 Å². The maximum atomic E-state index is 13.6. The molecule has 19 heavy (non-hydrogen) atoms. The van der Waals surface area contributed by atoms with Crippen LogP contribution in [0.3, 0.4) is 0 Å².